The second-order valence-electron chi connectivity index (χ2n) is 5.32. The average molecular weight is 356 g/mol. The molecule has 1 amide bonds. The summed E-state index contributed by atoms with van der Waals surface area (Å²) in [6.45, 7) is 5.13. The normalized spacial score (nSPS) is 11.0. The first kappa shape index (κ1) is 17.8. The first-order valence-electron chi connectivity index (χ1n) is 7.38. The number of amides is 1. The molecular weight excluding hydrogens is 337 g/mol. The summed E-state index contributed by atoms with van der Waals surface area (Å²) in [6, 6.07) is 6.89. The molecule has 0 saturated carbocycles. The highest BCUT2D eigenvalue weighted by atomic mass is 35.5. The van der Waals surface area contributed by atoms with E-state index < -0.39 is 0 Å². The highest BCUT2D eigenvalue weighted by Gasteiger charge is 2.11. The maximum atomic E-state index is 12.0. The predicted octanol–water partition coefficient (Wildman–Crippen LogP) is 3.93. The second kappa shape index (κ2) is 8.34. The van der Waals surface area contributed by atoms with Gasteiger partial charge >= 0.3 is 0 Å². The zero-order valence-electron chi connectivity index (χ0n) is 13.0. The first-order chi connectivity index (χ1) is 11.0. The van der Waals surface area contributed by atoms with Crippen LogP contribution in [0.4, 0.5) is 0 Å². The van der Waals surface area contributed by atoms with Crippen molar-refractivity contribution in [1.29, 1.82) is 0 Å². The smallest absolute Gasteiger partial charge is 0.269 e. The molecule has 5 nitrogen and oxygen atoms in total. The molecule has 23 heavy (non-hydrogen) atoms. The Kier molecular flexibility index (Phi) is 6.45. The van der Waals surface area contributed by atoms with Gasteiger partial charge in [0.25, 0.3) is 5.91 Å². The number of hydrogen-bond donors (Lipinski definition) is 2. The van der Waals surface area contributed by atoms with Gasteiger partial charge in [-0.25, -0.2) is 0 Å². The largest absolute Gasteiger partial charge is 0.379 e. The lowest BCUT2D eigenvalue weighted by molar-refractivity contribution is 0.0756. The lowest BCUT2D eigenvalue weighted by Gasteiger charge is -2.07. The summed E-state index contributed by atoms with van der Waals surface area (Å²) in [5, 5.41) is 10.6. The van der Waals surface area contributed by atoms with Gasteiger partial charge in [0.2, 0.25) is 0 Å². The fraction of sp³-hybridized carbons (Fsp3) is 0.375. The van der Waals surface area contributed by atoms with Crippen LogP contribution in [0.1, 0.15) is 30.8 Å². The Morgan fingerprint density at radius 3 is 2.78 bits per heavy atom. The number of H-pyrrole nitrogens is 1. The van der Waals surface area contributed by atoms with Gasteiger partial charge in [-0.2, -0.15) is 5.10 Å². The maximum Gasteiger partial charge on any atom is 0.269 e. The van der Waals surface area contributed by atoms with Crippen LogP contribution in [0.15, 0.2) is 24.3 Å². The molecule has 2 rings (SSSR count). The molecule has 0 aliphatic rings. The van der Waals surface area contributed by atoms with Gasteiger partial charge in [-0.1, -0.05) is 29.3 Å². The topological polar surface area (TPSA) is 67.0 Å². The van der Waals surface area contributed by atoms with E-state index in [0.29, 0.717) is 34.6 Å². The van der Waals surface area contributed by atoms with E-state index in [2.05, 4.69) is 15.5 Å². The Balaban J connectivity index is 1.90. The molecule has 0 fully saturated rings. The van der Waals surface area contributed by atoms with Gasteiger partial charge in [0, 0.05) is 18.7 Å². The highest BCUT2D eigenvalue weighted by Crippen LogP contribution is 2.27. The van der Waals surface area contributed by atoms with E-state index in [9.17, 15) is 4.79 Å². The van der Waals surface area contributed by atoms with E-state index >= 15 is 0 Å². The molecule has 0 spiro atoms. The SMILES string of the molecule is CC(C)OCCCNC(=O)c1cc(-c2ccc(Cl)c(Cl)c2)n[nH]1. The number of benzene rings is 1. The molecule has 7 heteroatoms. The highest BCUT2D eigenvalue weighted by molar-refractivity contribution is 6.42. The third kappa shape index (κ3) is 5.23. The number of aromatic amines is 1. The molecule has 0 aliphatic carbocycles. The molecule has 0 bridgehead atoms. The van der Waals surface area contributed by atoms with Crippen molar-refractivity contribution >= 4 is 29.1 Å². The number of ether oxygens (including phenoxy) is 1. The summed E-state index contributed by atoms with van der Waals surface area (Å²) >= 11 is 11.9. The van der Waals surface area contributed by atoms with Crippen LogP contribution < -0.4 is 5.32 Å². The number of aromatic nitrogens is 2. The monoisotopic (exact) mass is 355 g/mol. The van der Waals surface area contributed by atoms with Crippen molar-refractivity contribution < 1.29 is 9.53 Å². The predicted molar refractivity (Wildman–Crippen MR) is 92.1 cm³/mol. The van der Waals surface area contributed by atoms with Crippen molar-refractivity contribution in [2.75, 3.05) is 13.2 Å². The second-order valence-corrected chi connectivity index (χ2v) is 6.14. The summed E-state index contributed by atoms with van der Waals surface area (Å²) in [4.78, 5) is 12.0. The van der Waals surface area contributed by atoms with Crippen LogP contribution in [-0.4, -0.2) is 35.4 Å². The molecular formula is C16H19Cl2N3O2. The van der Waals surface area contributed by atoms with Crippen molar-refractivity contribution in [1.82, 2.24) is 15.5 Å². The minimum Gasteiger partial charge on any atom is -0.379 e. The Labute approximate surface area is 145 Å². The Morgan fingerprint density at radius 2 is 2.09 bits per heavy atom. The molecule has 0 aliphatic heterocycles. The summed E-state index contributed by atoms with van der Waals surface area (Å²) in [7, 11) is 0. The van der Waals surface area contributed by atoms with Gasteiger partial charge in [0.1, 0.15) is 5.69 Å². The van der Waals surface area contributed by atoms with E-state index in [0.717, 1.165) is 12.0 Å². The number of halogens is 2. The number of rotatable bonds is 7. The fourth-order valence-corrected chi connectivity index (χ4v) is 2.23. The van der Waals surface area contributed by atoms with Crippen LogP contribution in [0, 0.1) is 0 Å². The molecule has 0 unspecified atom stereocenters. The van der Waals surface area contributed by atoms with Crippen LogP contribution in [0.5, 0.6) is 0 Å². The van der Waals surface area contributed by atoms with E-state index in [4.69, 9.17) is 27.9 Å². The van der Waals surface area contributed by atoms with E-state index in [-0.39, 0.29) is 12.0 Å². The first-order valence-corrected chi connectivity index (χ1v) is 8.13. The molecule has 0 radical (unpaired) electrons. The van der Waals surface area contributed by atoms with Gasteiger partial charge in [-0.15, -0.1) is 0 Å². The summed E-state index contributed by atoms with van der Waals surface area (Å²) < 4.78 is 5.42. The van der Waals surface area contributed by atoms with Crippen molar-refractivity contribution in [3.63, 3.8) is 0 Å². The number of hydrogen-bond acceptors (Lipinski definition) is 3. The lowest BCUT2D eigenvalue weighted by atomic mass is 10.1. The third-order valence-corrected chi connectivity index (χ3v) is 3.83. The van der Waals surface area contributed by atoms with Crippen molar-refractivity contribution in [3.05, 3.63) is 40.0 Å². The van der Waals surface area contributed by atoms with Gasteiger partial charge in [-0.05, 0) is 38.5 Å². The van der Waals surface area contributed by atoms with Gasteiger partial charge in [0.15, 0.2) is 0 Å². The van der Waals surface area contributed by atoms with Crippen molar-refractivity contribution in [3.8, 4) is 11.3 Å². The molecule has 0 saturated heterocycles. The third-order valence-electron chi connectivity index (χ3n) is 3.10. The molecule has 1 aromatic heterocycles. The van der Waals surface area contributed by atoms with E-state index in [1.54, 1.807) is 24.3 Å². The molecule has 2 N–H and O–H groups in total. The van der Waals surface area contributed by atoms with Crippen LogP contribution >= 0.6 is 23.2 Å². The van der Waals surface area contributed by atoms with Gasteiger partial charge < -0.3 is 10.1 Å². The molecule has 1 heterocycles. The minimum absolute atomic E-state index is 0.201. The Bertz CT molecular complexity index is 671. The molecule has 1 aromatic carbocycles. The van der Waals surface area contributed by atoms with E-state index in [1.165, 1.54) is 0 Å². The number of nitrogens with one attached hydrogen (secondary N) is 2. The number of nitrogens with zero attached hydrogens (tertiary/aromatic N) is 1. The molecule has 2 aromatic rings. The fourth-order valence-electron chi connectivity index (χ4n) is 1.93. The van der Waals surface area contributed by atoms with Crippen molar-refractivity contribution in [2.45, 2.75) is 26.4 Å². The minimum atomic E-state index is -0.201. The number of carbonyl (C=O) groups is 1. The van der Waals surface area contributed by atoms with Crippen LogP contribution in [0.3, 0.4) is 0 Å². The van der Waals surface area contributed by atoms with E-state index in [1.807, 2.05) is 13.8 Å². The summed E-state index contributed by atoms with van der Waals surface area (Å²) in [5.41, 5.74) is 1.83. The summed E-state index contributed by atoms with van der Waals surface area (Å²) in [6.07, 6.45) is 0.963. The van der Waals surface area contributed by atoms with Crippen molar-refractivity contribution in [2.24, 2.45) is 0 Å². The average Bonchev–Trinajstić information content (AvgIpc) is 2.99. The maximum absolute atomic E-state index is 12.0. The number of carbonyl (C=O) groups excluding carboxylic acids is 1. The standard InChI is InChI=1S/C16H19Cl2N3O2/c1-10(2)23-7-3-6-19-16(22)15-9-14(20-21-15)11-4-5-12(17)13(18)8-11/h4-5,8-10H,3,6-7H2,1-2H3,(H,19,22)(H,20,21). The van der Waals surface area contributed by atoms with Crippen LogP contribution in [-0.2, 0) is 4.74 Å². The van der Waals surface area contributed by atoms with Crippen LogP contribution in [0.2, 0.25) is 10.0 Å². The lowest BCUT2D eigenvalue weighted by Crippen LogP contribution is -2.25. The summed E-state index contributed by atoms with van der Waals surface area (Å²) in [5.74, 6) is -0.201. The van der Waals surface area contributed by atoms with Crippen LogP contribution in [0.25, 0.3) is 11.3 Å². The Morgan fingerprint density at radius 1 is 1.30 bits per heavy atom. The van der Waals surface area contributed by atoms with Gasteiger partial charge in [-0.3, -0.25) is 9.89 Å². The molecule has 0 atom stereocenters. The van der Waals surface area contributed by atoms with Gasteiger partial charge in [0.05, 0.1) is 21.8 Å². The quantitative estimate of drug-likeness (QED) is 0.739. The Hall–Kier alpha value is -1.56. The molecule has 124 valence electrons. The zero-order chi connectivity index (χ0) is 16.8. The zero-order valence-corrected chi connectivity index (χ0v) is 14.5.